The van der Waals surface area contributed by atoms with Gasteiger partial charge in [-0.25, -0.2) is 9.97 Å². The van der Waals surface area contributed by atoms with E-state index in [0.717, 1.165) is 65.8 Å². The Balaban J connectivity index is 1.28. The first-order valence-electron chi connectivity index (χ1n) is 10.1. The number of anilines is 1. The number of hydrogen-bond acceptors (Lipinski definition) is 6. The maximum atomic E-state index is 5.78. The molecule has 5 rings (SSSR count). The van der Waals surface area contributed by atoms with Gasteiger partial charge >= 0.3 is 0 Å². The molecule has 3 heterocycles. The second-order valence-corrected chi connectivity index (χ2v) is 7.80. The van der Waals surface area contributed by atoms with Gasteiger partial charge < -0.3 is 10.3 Å². The molecule has 0 amide bonds. The van der Waals surface area contributed by atoms with Crippen LogP contribution >= 0.6 is 0 Å². The highest BCUT2D eigenvalue weighted by Crippen LogP contribution is 2.25. The summed E-state index contributed by atoms with van der Waals surface area (Å²) in [5.41, 5.74) is 13.0. The van der Waals surface area contributed by atoms with E-state index in [0.29, 0.717) is 0 Å². The molecule has 1 aliphatic heterocycles. The van der Waals surface area contributed by atoms with E-state index >= 15 is 0 Å². The SMILES string of the molecule is Cc1ccc(-c2cc(CN3CCc4nc(-c5ccc(N)cc5)ncc4C3)no2)cc1. The molecule has 150 valence electrons. The molecule has 4 aromatic rings. The third-order valence-corrected chi connectivity index (χ3v) is 5.46. The molecule has 2 N–H and O–H groups in total. The number of aromatic nitrogens is 3. The number of rotatable bonds is 4. The van der Waals surface area contributed by atoms with Gasteiger partial charge in [-0.2, -0.15) is 0 Å². The molecule has 0 radical (unpaired) electrons. The zero-order chi connectivity index (χ0) is 20.5. The van der Waals surface area contributed by atoms with E-state index in [9.17, 15) is 0 Å². The zero-order valence-electron chi connectivity index (χ0n) is 16.9. The van der Waals surface area contributed by atoms with Crippen molar-refractivity contribution in [1.82, 2.24) is 20.0 Å². The number of hydrogen-bond donors (Lipinski definition) is 1. The van der Waals surface area contributed by atoms with Gasteiger partial charge in [-0.15, -0.1) is 0 Å². The van der Waals surface area contributed by atoms with Crippen molar-refractivity contribution >= 4 is 5.69 Å². The fourth-order valence-electron chi connectivity index (χ4n) is 3.75. The first-order chi connectivity index (χ1) is 14.6. The summed E-state index contributed by atoms with van der Waals surface area (Å²) < 4.78 is 5.56. The quantitative estimate of drug-likeness (QED) is 0.519. The lowest BCUT2D eigenvalue weighted by Crippen LogP contribution is -2.31. The topological polar surface area (TPSA) is 81.1 Å². The van der Waals surface area contributed by atoms with E-state index in [2.05, 4.69) is 46.2 Å². The fourth-order valence-corrected chi connectivity index (χ4v) is 3.75. The van der Waals surface area contributed by atoms with Crippen LogP contribution in [0.2, 0.25) is 0 Å². The highest BCUT2D eigenvalue weighted by Gasteiger charge is 2.20. The van der Waals surface area contributed by atoms with Gasteiger partial charge in [0.1, 0.15) is 0 Å². The molecule has 6 nitrogen and oxygen atoms in total. The molecule has 0 unspecified atom stereocenters. The second-order valence-electron chi connectivity index (χ2n) is 7.80. The zero-order valence-corrected chi connectivity index (χ0v) is 16.9. The van der Waals surface area contributed by atoms with Gasteiger partial charge in [0.25, 0.3) is 0 Å². The molecule has 0 saturated carbocycles. The second kappa shape index (κ2) is 7.72. The lowest BCUT2D eigenvalue weighted by molar-refractivity contribution is 0.235. The van der Waals surface area contributed by atoms with Crippen LogP contribution in [0.25, 0.3) is 22.7 Å². The first-order valence-corrected chi connectivity index (χ1v) is 10.1. The van der Waals surface area contributed by atoms with Crippen LogP contribution in [0.15, 0.2) is 65.3 Å². The van der Waals surface area contributed by atoms with E-state index < -0.39 is 0 Å². The molecule has 0 spiro atoms. The van der Waals surface area contributed by atoms with Crippen LogP contribution in [0.4, 0.5) is 5.69 Å². The molecule has 6 heteroatoms. The molecule has 1 aliphatic rings. The van der Waals surface area contributed by atoms with Crippen LogP contribution in [-0.2, 0) is 19.5 Å². The van der Waals surface area contributed by atoms with Crippen LogP contribution in [0.1, 0.15) is 22.5 Å². The van der Waals surface area contributed by atoms with Crippen LogP contribution in [-0.4, -0.2) is 26.6 Å². The standard InChI is InChI=1S/C24H23N5O/c1-16-2-4-17(5-3-16)23-12-21(28-30-23)15-29-11-10-22-19(14-29)13-26-24(27-22)18-6-8-20(25)9-7-18/h2-9,12-13H,10-11,14-15,25H2,1H3. The van der Waals surface area contributed by atoms with Gasteiger partial charge in [-0.3, -0.25) is 4.90 Å². The lowest BCUT2D eigenvalue weighted by Gasteiger charge is -2.27. The minimum absolute atomic E-state index is 0.741. The molecular weight excluding hydrogens is 374 g/mol. The predicted octanol–water partition coefficient (Wildman–Crippen LogP) is 4.25. The Morgan fingerprint density at radius 2 is 1.80 bits per heavy atom. The van der Waals surface area contributed by atoms with E-state index in [4.69, 9.17) is 15.2 Å². The van der Waals surface area contributed by atoms with Crippen molar-refractivity contribution in [2.75, 3.05) is 12.3 Å². The van der Waals surface area contributed by atoms with Crippen molar-refractivity contribution in [3.05, 3.63) is 83.3 Å². The van der Waals surface area contributed by atoms with E-state index in [-0.39, 0.29) is 0 Å². The van der Waals surface area contributed by atoms with E-state index in [1.807, 2.05) is 36.5 Å². The molecule has 30 heavy (non-hydrogen) atoms. The summed E-state index contributed by atoms with van der Waals surface area (Å²) in [6.45, 7) is 4.56. The van der Waals surface area contributed by atoms with Gasteiger partial charge in [-0.1, -0.05) is 35.0 Å². The van der Waals surface area contributed by atoms with Gasteiger partial charge in [0.15, 0.2) is 11.6 Å². The average Bonchev–Trinajstić information content (AvgIpc) is 3.23. The Morgan fingerprint density at radius 1 is 1.03 bits per heavy atom. The number of nitrogens with two attached hydrogens (primary N) is 1. The van der Waals surface area contributed by atoms with Crippen LogP contribution < -0.4 is 5.73 Å². The van der Waals surface area contributed by atoms with Gasteiger partial charge in [-0.05, 0) is 31.2 Å². The maximum Gasteiger partial charge on any atom is 0.167 e. The minimum Gasteiger partial charge on any atom is -0.399 e. The molecule has 0 fully saturated rings. The predicted molar refractivity (Wildman–Crippen MR) is 116 cm³/mol. The summed E-state index contributed by atoms with van der Waals surface area (Å²) in [6, 6.07) is 18.0. The number of aryl methyl sites for hydroxylation is 1. The first kappa shape index (κ1) is 18.5. The van der Waals surface area contributed by atoms with Crippen molar-refractivity contribution in [3.63, 3.8) is 0 Å². The molecule has 0 bridgehead atoms. The summed E-state index contributed by atoms with van der Waals surface area (Å²) in [4.78, 5) is 11.7. The molecule has 2 aromatic heterocycles. The summed E-state index contributed by atoms with van der Waals surface area (Å²) in [5, 5.41) is 4.27. The van der Waals surface area contributed by atoms with Crippen molar-refractivity contribution in [2.24, 2.45) is 0 Å². The van der Waals surface area contributed by atoms with Crippen LogP contribution in [0.3, 0.4) is 0 Å². The van der Waals surface area contributed by atoms with Crippen molar-refractivity contribution < 1.29 is 4.52 Å². The lowest BCUT2D eigenvalue weighted by atomic mass is 10.1. The Bertz CT molecular complexity index is 1170. The van der Waals surface area contributed by atoms with Crippen LogP contribution in [0, 0.1) is 6.92 Å². The maximum absolute atomic E-state index is 5.78. The summed E-state index contributed by atoms with van der Waals surface area (Å²) >= 11 is 0. The van der Waals surface area contributed by atoms with Gasteiger partial charge in [0.05, 0.1) is 11.4 Å². The molecule has 0 atom stereocenters. The number of benzene rings is 2. The minimum atomic E-state index is 0.741. The third-order valence-electron chi connectivity index (χ3n) is 5.46. The van der Waals surface area contributed by atoms with Gasteiger partial charge in [0.2, 0.25) is 0 Å². The van der Waals surface area contributed by atoms with Crippen molar-refractivity contribution in [3.8, 4) is 22.7 Å². The Kier molecular flexibility index (Phi) is 4.77. The molecule has 0 aliphatic carbocycles. The molecule has 0 saturated heterocycles. The summed E-state index contributed by atoms with van der Waals surface area (Å²) in [6.07, 6.45) is 2.84. The van der Waals surface area contributed by atoms with Crippen LogP contribution in [0.5, 0.6) is 0 Å². The Morgan fingerprint density at radius 3 is 2.60 bits per heavy atom. The van der Waals surface area contributed by atoms with Gasteiger partial charge in [0, 0.05) is 60.7 Å². The van der Waals surface area contributed by atoms with Crippen molar-refractivity contribution in [1.29, 1.82) is 0 Å². The number of nitrogen functional groups attached to an aromatic ring is 1. The Labute approximate surface area is 175 Å². The fraction of sp³-hybridized carbons (Fsp3) is 0.208. The largest absolute Gasteiger partial charge is 0.399 e. The highest BCUT2D eigenvalue weighted by atomic mass is 16.5. The normalized spacial score (nSPS) is 13.9. The highest BCUT2D eigenvalue weighted by molar-refractivity contribution is 5.59. The third kappa shape index (κ3) is 3.82. The average molecular weight is 397 g/mol. The summed E-state index contributed by atoms with van der Waals surface area (Å²) in [7, 11) is 0. The molecule has 2 aromatic carbocycles. The monoisotopic (exact) mass is 397 g/mol. The summed E-state index contributed by atoms with van der Waals surface area (Å²) in [5.74, 6) is 1.56. The van der Waals surface area contributed by atoms with E-state index in [1.165, 1.54) is 11.1 Å². The number of fused-ring (bicyclic) bond motifs is 1. The van der Waals surface area contributed by atoms with Crippen molar-refractivity contribution in [2.45, 2.75) is 26.4 Å². The smallest absolute Gasteiger partial charge is 0.167 e. The van der Waals surface area contributed by atoms with E-state index in [1.54, 1.807) is 0 Å². The Hall–Kier alpha value is -3.51. The molecular formula is C24H23N5O. The number of nitrogens with zero attached hydrogens (tertiary/aromatic N) is 4.